The molecule has 13 heavy (non-hydrogen) atoms. The number of thiocarbonyl (C=S) groups is 1. The van der Waals surface area contributed by atoms with Crippen molar-refractivity contribution in [3.05, 3.63) is 0 Å². The first-order valence-electron chi connectivity index (χ1n) is 4.78. The van der Waals surface area contributed by atoms with Crippen LogP contribution < -0.4 is 0 Å². The molecule has 0 aromatic carbocycles. The van der Waals surface area contributed by atoms with E-state index in [2.05, 4.69) is 43.6 Å². The Morgan fingerprint density at radius 1 is 1.31 bits per heavy atom. The molecule has 0 aromatic rings. The first kappa shape index (κ1) is 13.2. The van der Waals surface area contributed by atoms with Crippen molar-refractivity contribution in [3.63, 3.8) is 0 Å². The van der Waals surface area contributed by atoms with Gasteiger partial charge in [0, 0.05) is 0 Å². The molecule has 78 valence electrons. The van der Waals surface area contributed by atoms with E-state index in [-0.39, 0.29) is 0 Å². The van der Waals surface area contributed by atoms with E-state index in [1.807, 2.05) is 0 Å². The monoisotopic (exact) mass is 221 g/mol. The molecule has 2 nitrogen and oxygen atoms in total. The third-order valence-electron chi connectivity index (χ3n) is 1.99. The van der Waals surface area contributed by atoms with Crippen molar-refractivity contribution in [3.8, 4) is 0 Å². The van der Waals surface area contributed by atoms with Gasteiger partial charge in [0.05, 0.1) is 6.61 Å². The fraction of sp³-hybridized carbons (Fsp3) is 0.889. The second-order valence-corrected chi connectivity index (χ2v) is 3.93. The van der Waals surface area contributed by atoms with E-state index in [4.69, 9.17) is 4.74 Å². The summed E-state index contributed by atoms with van der Waals surface area (Å²) in [4.78, 5) is 2.40. The molecule has 0 amide bonds. The molecule has 0 N–H and O–H groups in total. The van der Waals surface area contributed by atoms with Crippen LogP contribution in [0, 0.1) is 0 Å². The summed E-state index contributed by atoms with van der Waals surface area (Å²) in [5.41, 5.74) is 0. The molecule has 0 heterocycles. The average molecular weight is 221 g/mol. The van der Waals surface area contributed by atoms with Crippen LogP contribution in [0.5, 0.6) is 0 Å². The van der Waals surface area contributed by atoms with Gasteiger partial charge in [-0.25, -0.2) is 0 Å². The minimum absolute atomic E-state index is 0.350. The van der Waals surface area contributed by atoms with Crippen molar-refractivity contribution in [2.75, 3.05) is 26.2 Å². The van der Waals surface area contributed by atoms with Gasteiger partial charge in [-0.2, -0.15) is 0 Å². The number of thiol groups is 1. The van der Waals surface area contributed by atoms with Gasteiger partial charge in [-0.1, -0.05) is 26.5 Å². The maximum Gasteiger partial charge on any atom is 0.216 e. The number of hydrogen-bond donors (Lipinski definition) is 1. The fourth-order valence-electron chi connectivity index (χ4n) is 1.14. The van der Waals surface area contributed by atoms with Gasteiger partial charge in [0.1, 0.15) is 0 Å². The maximum absolute atomic E-state index is 5.07. The Morgan fingerprint density at radius 2 is 1.92 bits per heavy atom. The molecule has 0 atom stereocenters. The zero-order valence-corrected chi connectivity index (χ0v) is 10.2. The smallest absolute Gasteiger partial charge is 0.216 e. The Kier molecular flexibility index (Phi) is 8.92. The number of rotatable bonds is 7. The number of nitrogens with zero attached hydrogens (tertiary/aromatic N) is 1. The van der Waals surface area contributed by atoms with Gasteiger partial charge in [0.25, 0.3) is 0 Å². The molecule has 0 aliphatic carbocycles. The van der Waals surface area contributed by atoms with Crippen LogP contribution in [0.3, 0.4) is 0 Å². The summed E-state index contributed by atoms with van der Waals surface area (Å²) in [6, 6.07) is 0. The van der Waals surface area contributed by atoms with Crippen LogP contribution >= 0.6 is 24.8 Å². The third-order valence-corrected chi connectivity index (χ3v) is 2.24. The number of unbranched alkanes of at least 4 members (excludes halogenated alkanes) is 1. The molecular formula is C9H19NOS2. The average Bonchev–Trinajstić information content (AvgIpc) is 2.11. The van der Waals surface area contributed by atoms with Gasteiger partial charge in [0.15, 0.2) is 0 Å². The Bertz CT molecular complexity index is 138. The summed E-state index contributed by atoms with van der Waals surface area (Å²) in [5.74, 6) is 0. The number of ether oxygens (including phenoxy) is 1. The van der Waals surface area contributed by atoms with Crippen LogP contribution in [0.25, 0.3) is 0 Å². The Hall–Kier alpha value is 0.200. The van der Waals surface area contributed by atoms with E-state index in [1.54, 1.807) is 0 Å². The lowest BCUT2D eigenvalue weighted by Gasteiger charge is -2.17. The van der Waals surface area contributed by atoms with Crippen molar-refractivity contribution in [1.29, 1.82) is 0 Å². The van der Waals surface area contributed by atoms with Crippen molar-refractivity contribution < 1.29 is 4.74 Å². The minimum atomic E-state index is 0.350. The highest BCUT2D eigenvalue weighted by Gasteiger charge is 1.98. The standard InChI is InChI=1S/C9H19NOS2/c1-3-10(4-2)7-5-6-8-11-9(12)13/h3-8H2,1-2H3,(H,12,13). The van der Waals surface area contributed by atoms with Gasteiger partial charge >= 0.3 is 0 Å². The molecule has 0 rings (SSSR count). The van der Waals surface area contributed by atoms with Crippen molar-refractivity contribution in [2.45, 2.75) is 26.7 Å². The molecule has 0 saturated carbocycles. The highest BCUT2D eigenvalue weighted by molar-refractivity contribution is 8.10. The Labute approximate surface area is 92.0 Å². The zero-order valence-electron chi connectivity index (χ0n) is 8.45. The van der Waals surface area contributed by atoms with E-state index in [0.29, 0.717) is 11.0 Å². The van der Waals surface area contributed by atoms with Crippen LogP contribution in [0.2, 0.25) is 0 Å². The second-order valence-electron chi connectivity index (χ2n) is 2.85. The lowest BCUT2D eigenvalue weighted by molar-refractivity contribution is 0.267. The van der Waals surface area contributed by atoms with Crippen LogP contribution in [0.4, 0.5) is 0 Å². The van der Waals surface area contributed by atoms with E-state index >= 15 is 0 Å². The summed E-state index contributed by atoms with van der Waals surface area (Å²) in [5, 5.41) is 0. The van der Waals surface area contributed by atoms with Gasteiger partial charge in [-0.15, -0.1) is 0 Å². The van der Waals surface area contributed by atoms with Crippen molar-refractivity contribution in [2.24, 2.45) is 0 Å². The lowest BCUT2D eigenvalue weighted by atomic mass is 10.3. The van der Waals surface area contributed by atoms with E-state index < -0.39 is 0 Å². The van der Waals surface area contributed by atoms with Crippen LogP contribution in [0.1, 0.15) is 26.7 Å². The quantitative estimate of drug-likeness (QED) is 0.403. The van der Waals surface area contributed by atoms with E-state index in [0.717, 1.165) is 32.5 Å². The van der Waals surface area contributed by atoms with Gasteiger partial charge in [-0.05, 0) is 44.7 Å². The minimum Gasteiger partial charge on any atom is -0.479 e. The largest absolute Gasteiger partial charge is 0.479 e. The molecular weight excluding hydrogens is 202 g/mol. The normalized spacial score (nSPS) is 10.5. The van der Waals surface area contributed by atoms with E-state index in [9.17, 15) is 0 Å². The predicted molar refractivity (Wildman–Crippen MR) is 64.6 cm³/mol. The zero-order chi connectivity index (χ0) is 10.1. The topological polar surface area (TPSA) is 12.5 Å². The summed E-state index contributed by atoms with van der Waals surface area (Å²) in [7, 11) is 0. The van der Waals surface area contributed by atoms with Crippen LogP contribution in [-0.2, 0) is 4.74 Å². The summed E-state index contributed by atoms with van der Waals surface area (Å²) in [6.45, 7) is 8.47. The van der Waals surface area contributed by atoms with Gasteiger partial charge in [0.2, 0.25) is 4.38 Å². The molecule has 0 spiro atoms. The van der Waals surface area contributed by atoms with Crippen molar-refractivity contribution >= 4 is 29.2 Å². The first-order valence-corrected chi connectivity index (χ1v) is 5.64. The summed E-state index contributed by atoms with van der Waals surface area (Å²) < 4.78 is 5.42. The Morgan fingerprint density at radius 3 is 2.38 bits per heavy atom. The molecule has 0 radical (unpaired) electrons. The summed E-state index contributed by atoms with van der Waals surface area (Å²) >= 11 is 8.55. The highest BCUT2D eigenvalue weighted by Crippen LogP contribution is 1.97. The highest BCUT2D eigenvalue weighted by atomic mass is 32.1. The van der Waals surface area contributed by atoms with Gasteiger partial charge in [-0.3, -0.25) is 0 Å². The molecule has 0 bridgehead atoms. The van der Waals surface area contributed by atoms with Crippen molar-refractivity contribution in [1.82, 2.24) is 4.90 Å². The van der Waals surface area contributed by atoms with E-state index in [1.165, 1.54) is 0 Å². The molecule has 0 aliphatic rings. The molecule has 0 unspecified atom stereocenters. The SMILES string of the molecule is CCN(CC)CCCCOC(=S)S. The fourth-order valence-corrected chi connectivity index (χ4v) is 1.31. The van der Waals surface area contributed by atoms with Crippen LogP contribution in [-0.4, -0.2) is 35.5 Å². The first-order chi connectivity index (χ1) is 6.20. The molecule has 4 heteroatoms. The third kappa shape index (κ3) is 8.53. The molecule has 0 aromatic heterocycles. The maximum atomic E-state index is 5.07. The Balaban J connectivity index is 3.19. The van der Waals surface area contributed by atoms with Gasteiger partial charge < -0.3 is 9.64 Å². The molecule has 0 aliphatic heterocycles. The summed E-state index contributed by atoms with van der Waals surface area (Å²) in [6.07, 6.45) is 2.22. The van der Waals surface area contributed by atoms with Crippen LogP contribution in [0.15, 0.2) is 0 Å². The molecule has 0 saturated heterocycles. The molecule has 0 fully saturated rings. The second kappa shape index (κ2) is 8.78. The number of hydrogen-bond acceptors (Lipinski definition) is 3. The lowest BCUT2D eigenvalue weighted by Crippen LogP contribution is -2.24. The predicted octanol–water partition coefficient (Wildman–Crippen LogP) is 2.34.